The van der Waals surface area contributed by atoms with Gasteiger partial charge in [-0.25, -0.2) is 4.79 Å². The maximum atomic E-state index is 11.9. The summed E-state index contributed by atoms with van der Waals surface area (Å²) in [7, 11) is 0. The van der Waals surface area contributed by atoms with Gasteiger partial charge in [-0.15, -0.1) is 0 Å². The molecular weight excluding hydrogens is 344 g/mol. The molecule has 0 spiro atoms. The Balaban J connectivity index is 1.86. The quantitative estimate of drug-likeness (QED) is 0.205. The number of hydrogen-bond acceptors (Lipinski definition) is 5. The van der Waals surface area contributed by atoms with Crippen LogP contribution in [0.3, 0.4) is 0 Å². The second-order valence-electron chi connectivity index (χ2n) is 7.46. The maximum absolute atomic E-state index is 11.9. The first-order valence-corrected chi connectivity index (χ1v) is 10.8. The molecule has 0 aromatic heterocycles. The zero-order valence-corrected chi connectivity index (χ0v) is 17.0. The number of carbonyl (C=O) groups excluding carboxylic acids is 2. The van der Waals surface area contributed by atoms with Crippen molar-refractivity contribution in [1.29, 1.82) is 0 Å². The van der Waals surface area contributed by atoms with E-state index in [0.717, 1.165) is 25.7 Å². The van der Waals surface area contributed by atoms with Gasteiger partial charge >= 0.3 is 6.16 Å². The van der Waals surface area contributed by atoms with E-state index in [0.29, 0.717) is 6.42 Å². The number of carbonyl (C=O) groups is 2. The number of cyclic esters (lactones) is 2. The van der Waals surface area contributed by atoms with E-state index in [-0.39, 0.29) is 12.4 Å². The minimum atomic E-state index is -1.26. The summed E-state index contributed by atoms with van der Waals surface area (Å²) in [6, 6.07) is 0. The summed E-state index contributed by atoms with van der Waals surface area (Å²) in [6.07, 6.45) is 17.7. The van der Waals surface area contributed by atoms with Crippen LogP contribution in [0.5, 0.6) is 0 Å². The van der Waals surface area contributed by atoms with E-state index in [1.807, 2.05) is 0 Å². The summed E-state index contributed by atoms with van der Waals surface area (Å²) in [5.74, 6) is -0.268. The van der Waals surface area contributed by atoms with Gasteiger partial charge in [0, 0.05) is 6.42 Å². The Hall–Kier alpha value is -1.36. The molecule has 5 nitrogen and oxygen atoms in total. The largest absolute Gasteiger partial charge is 0.508 e. The van der Waals surface area contributed by atoms with Crippen LogP contribution in [0.4, 0.5) is 4.79 Å². The van der Waals surface area contributed by atoms with Crippen LogP contribution in [-0.4, -0.2) is 35.9 Å². The molecule has 0 aliphatic carbocycles. The average molecular weight is 383 g/mol. The number of ether oxygens (including phenoxy) is 2. The Labute approximate surface area is 164 Å². The number of Topliss-reactive ketones (excluding diaryl/α,β-unsaturated/α-hetero) is 1. The fourth-order valence-corrected chi connectivity index (χ4v) is 3.22. The third-order valence-corrected chi connectivity index (χ3v) is 4.98. The second-order valence-corrected chi connectivity index (χ2v) is 7.46. The molecule has 1 N–H and O–H groups in total. The van der Waals surface area contributed by atoms with Crippen LogP contribution >= 0.6 is 0 Å². The predicted molar refractivity (Wildman–Crippen MR) is 107 cm³/mol. The fourth-order valence-electron chi connectivity index (χ4n) is 3.22. The van der Waals surface area contributed by atoms with Gasteiger partial charge in [0.15, 0.2) is 18.0 Å². The molecule has 1 heterocycles. The number of rotatable bonds is 17. The van der Waals surface area contributed by atoms with Crippen LogP contribution in [-0.2, 0) is 14.3 Å². The van der Waals surface area contributed by atoms with Gasteiger partial charge in [0.1, 0.15) is 6.61 Å². The lowest BCUT2D eigenvalue weighted by Gasteiger charge is -2.13. The van der Waals surface area contributed by atoms with Gasteiger partial charge in [0.05, 0.1) is 0 Å². The molecule has 27 heavy (non-hydrogen) atoms. The number of allylic oxidation sites excluding steroid dienone is 2. The van der Waals surface area contributed by atoms with Crippen LogP contribution in [0.25, 0.3) is 0 Å². The lowest BCUT2D eigenvalue weighted by molar-refractivity contribution is -0.131. The number of unbranched alkanes of at least 4 members (excludes halogenated alkanes) is 11. The number of aliphatic hydroxyl groups is 1. The van der Waals surface area contributed by atoms with Crippen LogP contribution in [0.2, 0.25) is 0 Å². The number of hydrogen-bond donors (Lipinski definition) is 1. The molecule has 2 unspecified atom stereocenters. The molecule has 1 saturated heterocycles. The molecule has 0 aromatic carbocycles. The Morgan fingerprint density at radius 2 is 1.56 bits per heavy atom. The number of ketones is 1. The summed E-state index contributed by atoms with van der Waals surface area (Å²) in [4.78, 5) is 22.7. The molecule has 0 saturated carbocycles. The predicted octanol–water partition coefficient (Wildman–Crippen LogP) is 5.49. The first-order chi connectivity index (χ1) is 13.1. The van der Waals surface area contributed by atoms with E-state index in [9.17, 15) is 14.7 Å². The minimum Gasteiger partial charge on any atom is -0.430 e. The van der Waals surface area contributed by atoms with E-state index in [2.05, 4.69) is 23.8 Å². The van der Waals surface area contributed by atoms with E-state index in [1.165, 1.54) is 57.8 Å². The Kier molecular flexibility index (Phi) is 13.7. The van der Waals surface area contributed by atoms with Crippen LogP contribution < -0.4 is 0 Å². The van der Waals surface area contributed by atoms with Gasteiger partial charge in [-0.1, -0.05) is 70.4 Å². The highest BCUT2D eigenvalue weighted by Gasteiger charge is 2.35. The topological polar surface area (TPSA) is 72.8 Å². The molecule has 0 bridgehead atoms. The fraction of sp³-hybridized carbons (Fsp3) is 0.818. The van der Waals surface area contributed by atoms with E-state index in [1.54, 1.807) is 0 Å². The van der Waals surface area contributed by atoms with Gasteiger partial charge in [0.25, 0.3) is 0 Å². The summed E-state index contributed by atoms with van der Waals surface area (Å²) >= 11 is 0. The lowest BCUT2D eigenvalue weighted by atomic mass is 10.0. The summed E-state index contributed by atoms with van der Waals surface area (Å²) in [6.45, 7) is 2.21. The Bertz CT molecular complexity index is 432. The molecule has 156 valence electrons. The zero-order valence-electron chi connectivity index (χ0n) is 17.0. The van der Waals surface area contributed by atoms with Gasteiger partial charge in [-0.3, -0.25) is 4.79 Å². The monoisotopic (exact) mass is 382 g/mol. The van der Waals surface area contributed by atoms with Crippen molar-refractivity contribution in [2.45, 2.75) is 109 Å². The van der Waals surface area contributed by atoms with Gasteiger partial charge in [0.2, 0.25) is 0 Å². The molecule has 2 atom stereocenters. The van der Waals surface area contributed by atoms with Crippen LogP contribution in [0.1, 0.15) is 96.8 Å². The number of aliphatic hydroxyl groups excluding tert-OH is 1. The molecule has 1 aliphatic heterocycles. The molecule has 0 aromatic rings. The molecule has 1 fully saturated rings. The SMILES string of the molecule is CCCCCCCC/C=C\CCCCCCCC(=O)C(O)C1COC(=O)O1. The van der Waals surface area contributed by atoms with Crippen molar-refractivity contribution in [2.24, 2.45) is 0 Å². The smallest absolute Gasteiger partial charge is 0.430 e. The highest BCUT2D eigenvalue weighted by Crippen LogP contribution is 2.15. The molecule has 0 amide bonds. The van der Waals surface area contributed by atoms with Crippen LogP contribution in [0, 0.1) is 0 Å². The highest BCUT2D eigenvalue weighted by atomic mass is 16.8. The lowest BCUT2D eigenvalue weighted by Crippen LogP contribution is -2.35. The van der Waals surface area contributed by atoms with Crippen molar-refractivity contribution < 1.29 is 24.2 Å². The Morgan fingerprint density at radius 1 is 1.00 bits per heavy atom. The second kappa shape index (κ2) is 15.7. The standard InChI is InChI=1S/C22H38O5/c1-2-3-4-5-6-7-8-9-10-11-12-13-14-15-16-17-19(23)21(24)20-18-26-22(25)27-20/h9-10,20-21,24H,2-8,11-18H2,1H3/b10-9-. The first kappa shape index (κ1) is 23.7. The molecule has 1 rings (SSSR count). The molecule has 0 radical (unpaired) electrons. The van der Waals surface area contributed by atoms with E-state index >= 15 is 0 Å². The van der Waals surface area contributed by atoms with Gasteiger partial charge < -0.3 is 14.6 Å². The first-order valence-electron chi connectivity index (χ1n) is 10.8. The van der Waals surface area contributed by atoms with E-state index in [4.69, 9.17) is 4.74 Å². The van der Waals surface area contributed by atoms with Crippen molar-refractivity contribution >= 4 is 11.9 Å². The van der Waals surface area contributed by atoms with Crippen molar-refractivity contribution in [3.8, 4) is 0 Å². The van der Waals surface area contributed by atoms with Crippen molar-refractivity contribution in [3.05, 3.63) is 12.2 Å². The summed E-state index contributed by atoms with van der Waals surface area (Å²) in [5.41, 5.74) is 0. The molecule has 5 heteroatoms. The zero-order chi connectivity index (χ0) is 19.7. The summed E-state index contributed by atoms with van der Waals surface area (Å²) < 4.78 is 9.32. The van der Waals surface area contributed by atoms with Gasteiger partial charge in [-0.05, 0) is 32.1 Å². The molecule has 1 aliphatic rings. The normalized spacial score (nSPS) is 17.9. The van der Waals surface area contributed by atoms with Crippen LogP contribution in [0.15, 0.2) is 12.2 Å². The van der Waals surface area contributed by atoms with Crippen molar-refractivity contribution in [2.75, 3.05) is 6.61 Å². The van der Waals surface area contributed by atoms with E-state index < -0.39 is 18.4 Å². The van der Waals surface area contributed by atoms with Gasteiger partial charge in [-0.2, -0.15) is 0 Å². The third kappa shape index (κ3) is 11.9. The van der Waals surface area contributed by atoms with Crippen molar-refractivity contribution in [3.63, 3.8) is 0 Å². The molecular formula is C22H38O5. The summed E-state index contributed by atoms with van der Waals surface area (Å²) in [5, 5.41) is 9.84. The third-order valence-electron chi connectivity index (χ3n) is 4.98. The maximum Gasteiger partial charge on any atom is 0.508 e. The minimum absolute atomic E-state index is 0.0435. The average Bonchev–Trinajstić information content (AvgIpc) is 3.10. The Morgan fingerprint density at radius 3 is 2.11 bits per heavy atom. The van der Waals surface area contributed by atoms with Crippen molar-refractivity contribution in [1.82, 2.24) is 0 Å². The highest BCUT2D eigenvalue weighted by molar-refractivity contribution is 5.84.